The van der Waals surface area contributed by atoms with E-state index in [0.29, 0.717) is 5.92 Å². The van der Waals surface area contributed by atoms with Gasteiger partial charge in [0.25, 0.3) is 5.91 Å². The van der Waals surface area contributed by atoms with Crippen LogP contribution in [-0.2, 0) is 0 Å². The highest BCUT2D eigenvalue weighted by Crippen LogP contribution is 2.26. The molecule has 25 heavy (non-hydrogen) atoms. The lowest BCUT2D eigenvalue weighted by molar-refractivity contribution is 0.0704. The van der Waals surface area contributed by atoms with Crippen molar-refractivity contribution in [3.63, 3.8) is 0 Å². The summed E-state index contributed by atoms with van der Waals surface area (Å²) in [6, 6.07) is 3.79. The summed E-state index contributed by atoms with van der Waals surface area (Å²) in [5.74, 6) is 2.34. The first-order chi connectivity index (χ1) is 12.2. The van der Waals surface area contributed by atoms with Gasteiger partial charge >= 0.3 is 0 Å². The summed E-state index contributed by atoms with van der Waals surface area (Å²) in [4.78, 5) is 29.5. The van der Waals surface area contributed by atoms with Gasteiger partial charge in [0.15, 0.2) is 0 Å². The third kappa shape index (κ3) is 3.38. The van der Waals surface area contributed by atoms with Crippen molar-refractivity contribution < 1.29 is 4.79 Å². The third-order valence-electron chi connectivity index (χ3n) is 5.24. The summed E-state index contributed by atoms with van der Waals surface area (Å²) < 4.78 is 0. The van der Waals surface area contributed by atoms with Crippen molar-refractivity contribution in [2.45, 2.75) is 38.5 Å². The Bertz CT molecular complexity index is 750. The number of aromatic amines is 1. The number of rotatable bonds is 3. The first-order valence-electron chi connectivity index (χ1n) is 9.22. The maximum atomic E-state index is 13.0. The quantitative estimate of drug-likeness (QED) is 0.934. The van der Waals surface area contributed by atoms with Crippen molar-refractivity contribution in [3.05, 3.63) is 41.6 Å². The first kappa shape index (κ1) is 16.1. The van der Waals surface area contributed by atoms with Crippen LogP contribution in [0.2, 0.25) is 0 Å². The molecule has 0 spiro atoms. The van der Waals surface area contributed by atoms with Crippen LogP contribution in [0.15, 0.2) is 24.5 Å². The van der Waals surface area contributed by atoms with E-state index in [9.17, 15) is 4.79 Å². The van der Waals surface area contributed by atoms with Crippen LogP contribution in [0.3, 0.4) is 0 Å². The van der Waals surface area contributed by atoms with Crippen LogP contribution in [0.5, 0.6) is 0 Å². The van der Waals surface area contributed by atoms with Crippen molar-refractivity contribution in [1.82, 2.24) is 19.9 Å². The highest BCUT2D eigenvalue weighted by molar-refractivity contribution is 5.95. The Morgan fingerprint density at radius 3 is 2.80 bits per heavy atom. The number of aromatic nitrogens is 3. The second kappa shape index (κ2) is 6.86. The minimum atomic E-state index is 0.107. The topological polar surface area (TPSA) is 65.1 Å². The number of carbonyl (C=O) groups excluding carboxylic acids is 1. The average molecular weight is 339 g/mol. The molecule has 4 heterocycles. The lowest BCUT2D eigenvalue weighted by atomic mass is 9.97. The van der Waals surface area contributed by atoms with Crippen molar-refractivity contribution in [3.8, 4) is 0 Å². The number of piperidine rings is 1. The van der Waals surface area contributed by atoms with Gasteiger partial charge in [-0.1, -0.05) is 0 Å². The van der Waals surface area contributed by atoms with Gasteiger partial charge < -0.3 is 14.8 Å². The van der Waals surface area contributed by atoms with Crippen LogP contribution < -0.4 is 4.90 Å². The SMILES string of the molecule is Cc1cnc([C@@H]2CCCN(C(=O)c3ccnc(N4CCCC4)c3)C2)[nH]1. The molecule has 2 aromatic heterocycles. The number of hydrogen-bond acceptors (Lipinski definition) is 4. The molecule has 2 aromatic rings. The summed E-state index contributed by atoms with van der Waals surface area (Å²) in [7, 11) is 0. The molecule has 0 aliphatic carbocycles. The molecule has 132 valence electrons. The molecule has 2 aliphatic rings. The molecular formula is C19H25N5O. The van der Waals surface area contributed by atoms with Crippen LogP contribution in [0.1, 0.15) is 53.5 Å². The number of amides is 1. The van der Waals surface area contributed by atoms with Crippen molar-refractivity contribution in [2.24, 2.45) is 0 Å². The average Bonchev–Trinajstić information content (AvgIpc) is 3.33. The van der Waals surface area contributed by atoms with Gasteiger partial charge in [-0.15, -0.1) is 0 Å². The lowest BCUT2D eigenvalue weighted by Crippen LogP contribution is -2.39. The Balaban J connectivity index is 1.49. The largest absolute Gasteiger partial charge is 0.357 e. The minimum absolute atomic E-state index is 0.107. The Morgan fingerprint density at radius 2 is 2.04 bits per heavy atom. The molecule has 1 atom stereocenters. The molecule has 4 rings (SSSR count). The maximum Gasteiger partial charge on any atom is 0.254 e. The second-order valence-electron chi connectivity index (χ2n) is 7.14. The molecular weight excluding hydrogens is 314 g/mol. The number of aryl methyl sites for hydroxylation is 1. The molecule has 1 amide bonds. The highest BCUT2D eigenvalue weighted by Gasteiger charge is 2.27. The summed E-state index contributed by atoms with van der Waals surface area (Å²) in [6.45, 7) is 5.63. The summed E-state index contributed by atoms with van der Waals surface area (Å²) >= 11 is 0. The zero-order chi connectivity index (χ0) is 17.2. The number of carbonyl (C=O) groups is 1. The Labute approximate surface area is 148 Å². The molecule has 2 aliphatic heterocycles. The molecule has 0 aromatic carbocycles. The monoisotopic (exact) mass is 339 g/mol. The van der Waals surface area contributed by atoms with Crippen LogP contribution >= 0.6 is 0 Å². The fourth-order valence-corrected chi connectivity index (χ4v) is 3.88. The number of hydrogen-bond donors (Lipinski definition) is 1. The molecule has 1 N–H and O–H groups in total. The zero-order valence-electron chi connectivity index (χ0n) is 14.7. The van der Waals surface area contributed by atoms with E-state index >= 15 is 0 Å². The summed E-state index contributed by atoms with van der Waals surface area (Å²) in [5, 5.41) is 0. The number of nitrogens with zero attached hydrogens (tertiary/aromatic N) is 4. The van der Waals surface area contributed by atoms with Crippen LogP contribution in [-0.4, -0.2) is 51.9 Å². The van der Waals surface area contributed by atoms with Crippen molar-refractivity contribution in [1.29, 1.82) is 0 Å². The van der Waals surface area contributed by atoms with Gasteiger partial charge in [-0.3, -0.25) is 4.79 Å². The molecule has 2 saturated heterocycles. The van der Waals surface area contributed by atoms with Gasteiger partial charge in [-0.2, -0.15) is 0 Å². The lowest BCUT2D eigenvalue weighted by Gasteiger charge is -2.32. The fourth-order valence-electron chi connectivity index (χ4n) is 3.88. The van der Waals surface area contributed by atoms with E-state index in [1.807, 2.05) is 30.2 Å². The zero-order valence-corrected chi connectivity index (χ0v) is 14.7. The first-order valence-corrected chi connectivity index (χ1v) is 9.22. The van der Waals surface area contributed by atoms with E-state index in [-0.39, 0.29) is 5.91 Å². The number of likely N-dealkylation sites (tertiary alicyclic amines) is 1. The van der Waals surface area contributed by atoms with Crippen LogP contribution in [0, 0.1) is 6.92 Å². The summed E-state index contributed by atoms with van der Waals surface area (Å²) in [5.41, 5.74) is 1.82. The van der Waals surface area contributed by atoms with Gasteiger partial charge in [-0.05, 0) is 44.7 Å². The smallest absolute Gasteiger partial charge is 0.254 e. The molecule has 2 fully saturated rings. The fraction of sp³-hybridized carbons (Fsp3) is 0.526. The van der Waals surface area contributed by atoms with Crippen LogP contribution in [0.4, 0.5) is 5.82 Å². The molecule has 6 nitrogen and oxygen atoms in total. The Hall–Kier alpha value is -2.37. The van der Waals surface area contributed by atoms with E-state index in [2.05, 4.69) is 19.9 Å². The normalized spacial score (nSPS) is 20.9. The van der Waals surface area contributed by atoms with Gasteiger partial charge in [0.1, 0.15) is 11.6 Å². The predicted molar refractivity (Wildman–Crippen MR) is 96.9 cm³/mol. The minimum Gasteiger partial charge on any atom is -0.357 e. The predicted octanol–water partition coefficient (Wildman–Crippen LogP) is 2.73. The van der Waals surface area contributed by atoms with Crippen molar-refractivity contribution in [2.75, 3.05) is 31.1 Å². The standard InChI is InChI=1S/C19H25N5O/c1-14-12-21-18(22-14)16-5-4-10-24(13-16)19(25)15-6-7-20-17(11-15)23-8-2-3-9-23/h6-7,11-12,16H,2-5,8-10,13H2,1H3,(H,21,22)/t16-/m1/s1. The Morgan fingerprint density at radius 1 is 1.20 bits per heavy atom. The second-order valence-corrected chi connectivity index (χ2v) is 7.14. The molecule has 0 radical (unpaired) electrons. The van der Waals surface area contributed by atoms with E-state index in [1.54, 1.807) is 6.20 Å². The number of imidazole rings is 1. The van der Waals surface area contributed by atoms with E-state index in [0.717, 1.165) is 61.9 Å². The van der Waals surface area contributed by atoms with Gasteiger partial charge in [-0.25, -0.2) is 9.97 Å². The van der Waals surface area contributed by atoms with E-state index in [4.69, 9.17) is 0 Å². The van der Waals surface area contributed by atoms with E-state index < -0.39 is 0 Å². The molecule has 0 bridgehead atoms. The maximum absolute atomic E-state index is 13.0. The third-order valence-corrected chi connectivity index (χ3v) is 5.24. The molecule has 0 saturated carbocycles. The van der Waals surface area contributed by atoms with Gasteiger partial charge in [0, 0.05) is 55.7 Å². The van der Waals surface area contributed by atoms with E-state index in [1.165, 1.54) is 12.8 Å². The number of nitrogens with one attached hydrogen (secondary N) is 1. The number of H-pyrrole nitrogens is 1. The highest BCUT2D eigenvalue weighted by atomic mass is 16.2. The van der Waals surface area contributed by atoms with Gasteiger partial charge in [0.2, 0.25) is 0 Å². The van der Waals surface area contributed by atoms with Crippen molar-refractivity contribution >= 4 is 11.7 Å². The van der Waals surface area contributed by atoms with Crippen LogP contribution in [0.25, 0.3) is 0 Å². The Kier molecular flexibility index (Phi) is 4.42. The molecule has 6 heteroatoms. The number of anilines is 1. The van der Waals surface area contributed by atoms with Gasteiger partial charge in [0.05, 0.1) is 0 Å². The number of pyridine rings is 1. The summed E-state index contributed by atoms with van der Waals surface area (Å²) in [6.07, 6.45) is 8.12. The molecule has 0 unspecified atom stereocenters.